The molecule has 0 atom stereocenters. The van der Waals surface area contributed by atoms with Gasteiger partial charge in [0.2, 0.25) is 5.91 Å². The van der Waals surface area contributed by atoms with E-state index in [2.05, 4.69) is 15.8 Å². The topological polar surface area (TPSA) is 67.2 Å². The fraction of sp³-hybridized carbons (Fsp3) is 0.286. The van der Waals surface area contributed by atoms with E-state index < -0.39 is 0 Å². The number of rotatable bonds is 5. The molecule has 0 radical (unpaired) electrons. The number of nitrogens with one attached hydrogen (secondary N) is 2. The van der Waals surface area contributed by atoms with Gasteiger partial charge in [0.1, 0.15) is 5.76 Å². The molecule has 1 heterocycles. The van der Waals surface area contributed by atoms with Gasteiger partial charge in [-0.1, -0.05) is 17.3 Å². The standard InChI is InChI=1S/C14H17N3O2/c1-10-4-3-5-12(8-10)16-14(18)6-7-15-13-9-11(2)19-17-13/h3-5,8-9H,6-7H2,1-2H3,(H,15,17)(H,16,18). The van der Waals surface area contributed by atoms with Crippen molar-refractivity contribution in [3.05, 3.63) is 41.7 Å². The Bertz CT molecular complexity index is 563. The molecular formula is C14H17N3O2. The summed E-state index contributed by atoms with van der Waals surface area (Å²) >= 11 is 0. The van der Waals surface area contributed by atoms with Gasteiger partial charge in [-0.05, 0) is 31.5 Å². The summed E-state index contributed by atoms with van der Waals surface area (Å²) in [6.45, 7) is 4.33. The molecule has 1 amide bonds. The number of carbonyl (C=O) groups is 1. The lowest BCUT2D eigenvalue weighted by atomic mass is 10.2. The smallest absolute Gasteiger partial charge is 0.226 e. The van der Waals surface area contributed by atoms with Gasteiger partial charge >= 0.3 is 0 Å². The molecule has 0 fully saturated rings. The molecule has 2 aromatic rings. The summed E-state index contributed by atoms with van der Waals surface area (Å²) in [7, 11) is 0. The van der Waals surface area contributed by atoms with E-state index in [-0.39, 0.29) is 5.91 Å². The van der Waals surface area contributed by atoms with Gasteiger partial charge in [0, 0.05) is 24.7 Å². The molecule has 100 valence electrons. The molecule has 0 saturated heterocycles. The highest BCUT2D eigenvalue weighted by atomic mass is 16.5. The van der Waals surface area contributed by atoms with Gasteiger partial charge in [0.05, 0.1) is 0 Å². The number of nitrogens with zero attached hydrogens (tertiary/aromatic N) is 1. The third kappa shape index (κ3) is 4.13. The minimum absolute atomic E-state index is 0.0293. The molecule has 0 saturated carbocycles. The van der Waals surface area contributed by atoms with Gasteiger partial charge in [-0.25, -0.2) is 0 Å². The van der Waals surface area contributed by atoms with E-state index in [1.165, 1.54) is 0 Å². The maximum Gasteiger partial charge on any atom is 0.226 e. The Morgan fingerprint density at radius 3 is 2.84 bits per heavy atom. The quantitative estimate of drug-likeness (QED) is 0.866. The number of amides is 1. The number of anilines is 2. The van der Waals surface area contributed by atoms with E-state index >= 15 is 0 Å². The first kappa shape index (κ1) is 13.1. The van der Waals surface area contributed by atoms with Crippen molar-refractivity contribution in [2.24, 2.45) is 0 Å². The zero-order valence-corrected chi connectivity index (χ0v) is 11.1. The van der Waals surface area contributed by atoms with Crippen LogP contribution in [0.2, 0.25) is 0 Å². The van der Waals surface area contributed by atoms with Crippen molar-refractivity contribution in [2.75, 3.05) is 17.2 Å². The Morgan fingerprint density at radius 2 is 2.16 bits per heavy atom. The third-order valence-corrected chi connectivity index (χ3v) is 2.59. The second kappa shape index (κ2) is 6.04. The molecule has 0 bridgehead atoms. The van der Waals surface area contributed by atoms with Crippen LogP contribution in [0.4, 0.5) is 11.5 Å². The lowest BCUT2D eigenvalue weighted by Crippen LogP contribution is -2.16. The SMILES string of the molecule is Cc1cccc(NC(=O)CCNc2cc(C)on2)c1. The summed E-state index contributed by atoms with van der Waals surface area (Å²) in [4.78, 5) is 11.7. The molecule has 1 aromatic heterocycles. The summed E-state index contributed by atoms with van der Waals surface area (Å²) < 4.78 is 4.92. The van der Waals surface area contributed by atoms with Crippen molar-refractivity contribution >= 4 is 17.4 Å². The zero-order valence-electron chi connectivity index (χ0n) is 11.1. The van der Waals surface area contributed by atoms with Crippen molar-refractivity contribution in [1.82, 2.24) is 5.16 Å². The van der Waals surface area contributed by atoms with Crippen molar-refractivity contribution in [3.63, 3.8) is 0 Å². The fourth-order valence-electron chi connectivity index (χ4n) is 1.70. The van der Waals surface area contributed by atoms with Crippen molar-refractivity contribution < 1.29 is 9.32 Å². The second-order valence-corrected chi connectivity index (χ2v) is 4.42. The first-order chi connectivity index (χ1) is 9.13. The highest BCUT2D eigenvalue weighted by Gasteiger charge is 2.04. The molecule has 5 nitrogen and oxygen atoms in total. The van der Waals surface area contributed by atoms with E-state index in [1.54, 1.807) is 6.07 Å². The van der Waals surface area contributed by atoms with Crippen LogP contribution in [-0.2, 0) is 4.79 Å². The van der Waals surface area contributed by atoms with Crippen LogP contribution in [0, 0.1) is 13.8 Å². The number of hydrogen-bond acceptors (Lipinski definition) is 4. The van der Waals surface area contributed by atoms with Crippen LogP contribution in [0.15, 0.2) is 34.9 Å². The molecule has 2 rings (SSSR count). The Hall–Kier alpha value is -2.30. The third-order valence-electron chi connectivity index (χ3n) is 2.59. The Balaban J connectivity index is 1.76. The van der Waals surface area contributed by atoms with Crippen LogP contribution in [0.25, 0.3) is 0 Å². The molecule has 2 N–H and O–H groups in total. The molecule has 0 aliphatic rings. The maximum atomic E-state index is 11.7. The average molecular weight is 259 g/mol. The number of aromatic nitrogens is 1. The number of carbonyl (C=O) groups excluding carboxylic acids is 1. The van der Waals surface area contributed by atoms with Crippen LogP contribution in [-0.4, -0.2) is 17.6 Å². The molecule has 1 aromatic carbocycles. The lowest BCUT2D eigenvalue weighted by molar-refractivity contribution is -0.115. The van der Waals surface area contributed by atoms with Crippen molar-refractivity contribution in [3.8, 4) is 0 Å². The lowest BCUT2D eigenvalue weighted by Gasteiger charge is -2.06. The monoisotopic (exact) mass is 259 g/mol. The highest BCUT2D eigenvalue weighted by Crippen LogP contribution is 2.10. The Kier molecular flexibility index (Phi) is 4.18. The van der Waals surface area contributed by atoms with Gasteiger partial charge in [-0.2, -0.15) is 0 Å². The number of hydrogen-bond donors (Lipinski definition) is 2. The predicted molar refractivity (Wildman–Crippen MR) is 74.2 cm³/mol. The summed E-state index contributed by atoms with van der Waals surface area (Å²) in [6, 6.07) is 9.51. The average Bonchev–Trinajstić information content (AvgIpc) is 2.75. The molecular weight excluding hydrogens is 242 g/mol. The normalized spacial score (nSPS) is 10.2. The Labute approximate surface area is 112 Å². The van der Waals surface area contributed by atoms with Crippen LogP contribution in [0.1, 0.15) is 17.7 Å². The molecule has 5 heteroatoms. The van der Waals surface area contributed by atoms with E-state index in [0.717, 1.165) is 17.0 Å². The zero-order chi connectivity index (χ0) is 13.7. The number of aryl methyl sites for hydroxylation is 2. The van der Waals surface area contributed by atoms with E-state index in [4.69, 9.17) is 4.52 Å². The summed E-state index contributed by atoms with van der Waals surface area (Å²) in [5, 5.41) is 9.67. The fourth-order valence-corrected chi connectivity index (χ4v) is 1.70. The van der Waals surface area contributed by atoms with E-state index in [9.17, 15) is 4.79 Å². The molecule has 0 aliphatic carbocycles. The first-order valence-corrected chi connectivity index (χ1v) is 6.17. The predicted octanol–water partition coefficient (Wildman–Crippen LogP) is 2.73. The molecule has 19 heavy (non-hydrogen) atoms. The minimum atomic E-state index is -0.0293. The summed E-state index contributed by atoms with van der Waals surface area (Å²) in [5.41, 5.74) is 1.94. The van der Waals surface area contributed by atoms with Gasteiger partial charge in [-0.15, -0.1) is 0 Å². The van der Waals surface area contributed by atoms with Crippen LogP contribution < -0.4 is 10.6 Å². The molecule has 0 aliphatic heterocycles. The van der Waals surface area contributed by atoms with Gasteiger partial charge in [-0.3, -0.25) is 4.79 Å². The van der Waals surface area contributed by atoms with Gasteiger partial charge in [0.15, 0.2) is 5.82 Å². The van der Waals surface area contributed by atoms with E-state index in [0.29, 0.717) is 18.8 Å². The molecule has 0 unspecified atom stereocenters. The second-order valence-electron chi connectivity index (χ2n) is 4.42. The van der Waals surface area contributed by atoms with Gasteiger partial charge in [0.25, 0.3) is 0 Å². The van der Waals surface area contributed by atoms with E-state index in [1.807, 2.05) is 38.1 Å². The maximum absolute atomic E-state index is 11.7. The first-order valence-electron chi connectivity index (χ1n) is 6.17. The van der Waals surface area contributed by atoms with Crippen molar-refractivity contribution in [2.45, 2.75) is 20.3 Å². The Morgan fingerprint density at radius 1 is 1.32 bits per heavy atom. The number of benzene rings is 1. The summed E-state index contributed by atoms with van der Waals surface area (Å²) in [6.07, 6.45) is 0.375. The molecule has 0 spiro atoms. The van der Waals surface area contributed by atoms with Crippen LogP contribution >= 0.6 is 0 Å². The van der Waals surface area contributed by atoms with Crippen molar-refractivity contribution in [1.29, 1.82) is 0 Å². The highest BCUT2D eigenvalue weighted by molar-refractivity contribution is 5.91. The van der Waals surface area contributed by atoms with Crippen LogP contribution in [0.5, 0.6) is 0 Å². The summed E-state index contributed by atoms with van der Waals surface area (Å²) in [5.74, 6) is 1.37. The minimum Gasteiger partial charge on any atom is -0.367 e. The van der Waals surface area contributed by atoms with Gasteiger partial charge < -0.3 is 15.2 Å². The largest absolute Gasteiger partial charge is 0.367 e. The van der Waals surface area contributed by atoms with Crippen LogP contribution in [0.3, 0.4) is 0 Å².